The smallest absolute Gasteiger partial charge is 1.00 e. The molecule has 0 aromatic rings. The van der Waals surface area contributed by atoms with Crippen molar-refractivity contribution in [2.45, 2.75) is 52.4 Å². The first-order valence-electron chi connectivity index (χ1n) is 5.92. The van der Waals surface area contributed by atoms with Gasteiger partial charge in [0, 0.05) is 6.08 Å². The summed E-state index contributed by atoms with van der Waals surface area (Å²) in [4.78, 5) is 10.2. The monoisotopic (exact) mass is 234 g/mol. The van der Waals surface area contributed by atoms with Crippen molar-refractivity contribution in [3.05, 3.63) is 12.2 Å². The van der Waals surface area contributed by atoms with Crippen molar-refractivity contribution >= 4 is 5.97 Å². The summed E-state index contributed by atoms with van der Waals surface area (Å²) in [5, 5.41) is 8.37. The average Bonchev–Trinajstić information content (AvgIpc) is 2.72. The summed E-state index contributed by atoms with van der Waals surface area (Å²) >= 11 is 0. The fourth-order valence-corrected chi connectivity index (χ4v) is 2.08. The maximum absolute atomic E-state index is 10.2. The second-order valence-corrected chi connectivity index (χ2v) is 5.27. The number of hydrogen-bond acceptors (Lipinski definition) is 1. The first-order chi connectivity index (χ1) is 7.02. The molecule has 1 aliphatic rings. The third-order valence-corrected chi connectivity index (χ3v) is 3.40. The molecular formula is C13H23NaO2. The third kappa shape index (κ3) is 6.72. The summed E-state index contributed by atoms with van der Waals surface area (Å²) in [5.74, 6) is 0.113. The van der Waals surface area contributed by atoms with E-state index in [1.54, 1.807) is 6.08 Å². The zero-order valence-corrected chi connectivity index (χ0v) is 12.8. The van der Waals surface area contributed by atoms with Gasteiger partial charge in [-0.25, -0.2) is 4.79 Å². The Morgan fingerprint density at radius 3 is 2.56 bits per heavy atom. The third-order valence-electron chi connectivity index (χ3n) is 3.40. The second-order valence-electron chi connectivity index (χ2n) is 5.27. The minimum Gasteiger partial charge on any atom is -1.00 e. The molecule has 1 aliphatic carbocycles. The SMILES string of the molecule is CC1(C)CC1CCCCC/C=C/C(=O)O.[H-].[Na+]. The average molecular weight is 234 g/mol. The normalized spacial score (nSPS) is 21.8. The van der Waals surface area contributed by atoms with E-state index in [1.165, 1.54) is 31.8 Å². The van der Waals surface area contributed by atoms with Gasteiger partial charge in [0.2, 0.25) is 0 Å². The molecule has 0 radical (unpaired) electrons. The van der Waals surface area contributed by atoms with Crippen LogP contribution < -0.4 is 29.6 Å². The molecule has 1 unspecified atom stereocenters. The van der Waals surface area contributed by atoms with Crippen molar-refractivity contribution in [2.24, 2.45) is 11.3 Å². The van der Waals surface area contributed by atoms with E-state index in [4.69, 9.17) is 5.11 Å². The van der Waals surface area contributed by atoms with E-state index in [9.17, 15) is 4.79 Å². The number of carboxylic acids is 1. The molecular weight excluding hydrogens is 211 g/mol. The van der Waals surface area contributed by atoms with E-state index in [0.29, 0.717) is 5.41 Å². The first-order valence-corrected chi connectivity index (χ1v) is 5.92. The molecule has 0 aliphatic heterocycles. The molecule has 0 bridgehead atoms. The molecule has 3 heteroatoms. The van der Waals surface area contributed by atoms with Crippen LogP contribution in [0.1, 0.15) is 53.8 Å². The molecule has 0 amide bonds. The van der Waals surface area contributed by atoms with Crippen LogP contribution in [0.2, 0.25) is 0 Å². The van der Waals surface area contributed by atoms with Crippen molar-refractivity contribution < 1.29 is 40.9 Å². The summed E-state index contributed by atoms with van der Waals surface area (Å²) in [7, 11) is 0. The molecule has 1 N–H and O–H groups in total. The molecule has 0 aromatic carbocycles. The van der Waals surface area contributed by atoms with Crippen LogP contribution in [0.4, 0.5) is 0 Å². The summed E-state index contributed by atoms with van der Waals surface area (Å²) in [5.41, 5.74) is 0.614. The molecule has 1 saturated carbocycles. The minimum atomic E-state index is -0.838. The number of allylic oxidation sites excluding steroid dienone is 1. The Kier molecular flexibility index (Phi) is 7.62. The molecule has 0 spiro atoms. The maximum atomic E-state index is 10.2. The van der Waals surface area contributed by atoms with Crippen LogP contribution in [0, 0.1) is 11.3 Å². The predicted molar refractivity (Wildman–Crippen MR) is 62.9 cm³/mol. The van der Waals surface area contributed by atoms with Crippen LogP contribution in [-0.2, 0) is 4.79 Å². The van der Waals surface area contributed by atoms with Crippen molar-refractivity contribution in [2.75, 3.05) is 0 Å². The largest absolute Gasteiger partial charge is 1.00 e. The van der Waals surface area contributed by atoms with Gasteiger partial charge in [-0.2, -0.15) is 0 Å². The molecule has 16 heavy (non-hydrogen) atoms. The Balaban J connectivity index is 0. The van der Waals surface area contributed by atoms with Gasteiger partial charge in [0.25, 0.3) is 0 Å². The number of aliphatic carboxylic acids is 1. The summed E-state index contributed by atoms with van der Waals surface area (Å²) in [6, 6.07) is 0. The van der Waals surface area contributed by atoms with Crippen molar-refractivity contribution in [3.8, 4) is 0 Å². The molecule has 2 nitrogen and oxygen atoms in total. The minimum absolute atomic E-state index is 0. The van der Waals surface area contributed by atoms with E-state index < -0.39 is 5.97 Å². The molecule has 1 rings (SSSR count). The van der Waals surface area contributed by atoms with E-state index in [2.05, 4.69) is 13.8 Å². The molecule has 0 saturated heterocycles. The van der Waals surface area contributed by atoms with Crippen LogP contribution >= 0.6 is 0 Å². The van der Waals surface area contributed by atoms with E-state index in [1.807, 2.05) is 0 Å². The maximum Gasteiger partial charge on any atom is 1.00 e. The van der Waals surface area contributed by atoms with Gasteiger partial charge < -0.3 is 6.53 Å². The number of unbranched alkanes of at least 4 members (excludes halogenated alkanes) is 3. The van der Waals surface area contributed by atoms with Crippen LogP contribution in [-0.4, -0.2) is 11.1 Å². The van der Waals surface area contributed by atoms with Crippen LogP contribution in [0.15, 0.2) is 12.2 Å². The van der Waals surface area contributed by atoms with E-state index in [-0.39, 0.29) is 31.0 Å². The zero-order chi connectivity index (χ0) is 11.3. The molecule has 1 fully saturated rings. The van der Waals surface area contributed by atoms with Crippen LogP contribution in [0.3, 0.4) is 0 Å². The molecule has 1 atom stereocenters. The Hall–Kier alpha value is 0.210. The number of carbonyl (C=O) groups is 1. The van der Waals surface area contributed by atoms with E-state index in [0.717, 1.165) is 18.8 Å². The predicted octanol–water partition coefficient (Wildman–Crippen LogP) is 0.740. The van der Waals surface area contributed by atoms with Crippen molar-refractivity contribution in [1.29, 1.82) is 0 Å². The van der Waals surface area contributed by atoms with Crippen LogP contribution in [0.25, 0.3) is 0 Å². The fourth-order valence-electron chi connectivity index (χ4n) is 2.08. The summed E-state index contributed by atoms with van der Waals surface area (Å²) in [6.07, 6.45) is 10.3. The second kappa shape index (κ2) is 7.52. The quantitative estimate of drug-likeness (QED) is 0.401. The first kappa shape index (κ1) is 16.2. The van der Waals surface area contributed by atoms with Crippen LogP contribution in [0.5, 0.6) is 0 Å². The van der Waals surface area contributed by atoms with Gasteiger partial charge in [0.15, 0.2) is 0 Å². The summed E-state index contributed by atoms with van der Waals surface area (Å²) in [6.45, 7) is 4.68. The Bertz CT molecular complexity index is 252. The van der Waals surface area contributed by atoms with Gasteiger partial charge in [-0.1, -0.05) is 32.8 Å². The Labute approximate surface area is 122 Å². The number of hydrogen-bond donors (Lipinski definition) is 1. The van der Waals surface area contributed by atoms with Gasteiger partial charge in [-0.15, -0.1) is 0 Å². The van der Waals surface area contributed by atoms with E-state index >= 15 is 0 Å². The van der Waals surface area contributed by atoms with Gasteiger partial charge in [0.05, 0.1) is 0 Å². The Morgan fingerprint density at radius 1 is 1.44 bits per heavy atom. The van der Waals surface area contributed by atoms with Gasteiger partial charge in [-0.3, -0.25) is 0 Å². The topological polar surface area (TPSA) is 37.3 Å². The fraction of sp³-hybridized carbons (Fsp3) is 0.769. The van der Waals surface area contributed by atoms with Crippen molar-refractivity contribution in [1.82, 2.24) is 0 Å². The van der Waals surface area contributed by atoms with Crippen molar-refractivity contribution in [3.63, 3.8) is 0 Å². The summed E-state index contributed by atoms with van der Waals surface area (Å²) < 4.78 is 0. The molecule has 88 valence electrons. The van der Waals surface area contributed by atoms with Gasteiger partial charge in [-0.05, 0) is 37.0 Å². The zero-order valence-electron chi connectivity index (χ0n) is 11.8. The van der Waals surface area contributed by atoms with Gasteiger partial charge in [0.1, 0.15) is 0 Å². The molecule has 0 aromatic heterocycles. The molecule has 0 heterocycles. The van der Waals surface area contributed by atoms with Gasteiger partial charge >= 0.3 is 35.5 Å². The number of carboxylic acid groups (broad SMARTS) is 1. The standard InChI is InChI=1S/C13H22O2.Na.H/c1-13(2)10-11(13)8-6-4-3-5-7-9-12(14)15;;/h7,9,11H,3-6,8,10H2,1-2H3,(H,14,15);;/q;+1;-1/b9-7+;;. The Morgan fingerprint density at radius 2 is 2.06 bits per heavy atom. The number of rotatable bonds is 7.